The Balaban J connectivity index is 0.000000142. The van der Waals surface area contributed by atoms with Crippen LogP contribution in [0.2, 0.25) is 0 Å². The maximum atomic E-state index is 5.77. The van der Waals surface area contributed by atoms with Crippen LogP contribution < -0.4 is 22.9 Å². The number of anilines is 4. The first-order valence-electron chi connectivity index (χ1n) is 9.06. The molecule has 29 heavy (non-hydrogen) atoms. The largest absolute Gasteiger partial charge is 0.399 e. The summed E-state index contributed by atoms with van der Waals surface area (Å²) in [6, 6.07) is 17.4. The predicted molar refractivity (Wildman–Crippen MR) is 118 cm³/mol. The van der Waals surface area contributed by atoms with Crippen molar-refractivity contribution in [2.24, 2.45) is 0 Å². The molecule has 0 unspecified atom stereocenters. The van der Waals surface area contributed by atoms with Crippen molar-refractivity contribution in [3.8, 4) is 22.5 Å². The van der Waals surface area contributed by atoms with Crippen molar-refractivity contribution in [2.45, 2.75) is 6.42 Å². The van der Waals surface area contributed by atoms with Gasteiger partial charge in [0, 0.05) is 28.3 Å². The van der Waals surface area contributed by atoms with Gasteiger partial charge in [-0.25, -0.2) is 15.0 Å². The van der Waals surface area contributed by atoms with Gasteiger partial charge in [-0.2, -0.15) is 0 Å². The average molecular weight is 383 g/mol. The normalized spacial score (nSPS) is 11.2. The van der Waals surface area contributed by atoms with Gasteiger partial charge in [0.05, 0.1) is 0 Å². The molecule has 0 saturated carbocycles. The highest BCUT2D eigenvalue weighted by Crippen LogP contribution is 2.38. The number of hydrogen-bond donors (Lipinski definition) is 4. The lowest BCUT2D eigenvalue weighted by Gasteiger charge is -2.03. The SMILES string of the molecule is Nc1ccc(-c2ncncn2)c(N)c1.Nc1ccc2c(c1)Cc1cc(N)ccc1-2. The Morgan fingerprint density at radius 1 is 0.586 bits per heavy atom. The summed E-state index contributed by atoms with van der Waals surface area (Å²) in [5.41, 5.74) is 31.7. The van der Waals surface area contributed by atoms with Crippen LogP contribution in [0.25, 0.3) is 22.5 Å². The van der Waals surface area contributed by atoms with E-state index in [0.717, 1.165) is 23.4 Å². The third kappa shape index (κ3) is 3.79. The molecule has 0 saturated heterocycles. The summed E-state index contributed by atoms with van der Waals surface area (Å²) in [7, 11) is 0. The molecule has 0 fully saturated rings. The molecule has 5 rings (SSSR count). The van der Waals surface area contributed by atoms with Crippen LogP contribution in [0.1, 0.15) is 11.1 Å². The van der Waals surface area contributed by atoms with Gasteiger partial charge >= 0.3 is 0 Å². The number of nitrogens with zero attached hydrogens (tertiary/aromatic N) is 3. The van der Waals surface area contributed by atoms with E-state index in [4.69, 9.17) is 22.9 Å². The highest BCUT2D eigenvalue weighted by Gasteiger charge is 2.17. The highest BCUT2D eigenvalue weighted by molar-refractivity contribution is 5.79. The molecule has 1 aliphatic carbocycles. The number of nitrogen functional groups attached to an aromatic ring is 4. The van der Waals surface area contributed by atoms with Gasteiger partial charge in [0.15, 0.2) is 5.82 Å². The Morgan fingerprint density at radius 3 is 1.59 bits per heavy atom. The zero-order valence-electron chi connectivity index (χ0n) is 15.7. The van der Waals surface area contributed by atoms with E-state index in [1.807, 2.05) is 24.3 Å². The Hall–Kier alpha value is -4.13. The third-order valence-electron chi connectivity index (χ3n) is 4.74. The van der Waals surface area contributed by atoms with Crippen LogP contribution in [0.15, 0.2) is 67.3 Å². The standard InChI is InChI=1S/C13H12N2.C9H9N5/c14-10-1-3-12-8(6-10)5-9-7-11(15)2-4-13(9)12;10-6-1-2-7(8(11)3-6)9-13-4-12-5-14-9/h1-4,6-7H,5,14-15H2;1-5H,10-11H2. The molecule has 7 nitrogen and oxygen atoms in total. The molecule has 0 radical (unpaired) electrons. The van der Waals surface area contributed by atoms with E-state index in [1.165, 1.54) is 34.9 Å². The van der Waals surface area contributed by atoms with Crippen LogP contribution in [-0.2, 0) is 6.42 Å². The van der Waals surface area contributed by atoms with Gasteiger partial charge in [-0.05, 0) is 71.1 Å². The molecule has 0 bridgehead atoms. The van der Waals surface area contributed by atoms with E-state index >= 15 is 0 Å². The lowest BCUT2D eigenvalue weighted by atomic mass is 10.1. The number of hydrogen-bond acceptors (Lipinski definition) is 7. The zero-order valence-corrected chi connectivity index (χ0v) is 15.7. The molecule has 8 N–H and O–H groups in total. The Morgan fingerprint density at radius 2 is 1.07 bits per heavy atom. The molecular weight excluding hydrogens is 362 g/mol. The minimum atomic E-state index is 0.553. The van der Waals surface area contributed by atoms with Gasteiger partial charge in [0.2, 0.25) is 0 Å². The molecule has 0 aliphatic heterocycles. The number of rotatable bonds is 1. The van der Waals surface area contributed by atoms with Gasteiger partial charge < -0.3 is 22.9 Å². The average Bonchev–Trinajstić information content (AvgIpc) is 3.05. The Kier molecular flexibility index (Phi) is 4.70. The third-order valence-corrected chi connectivity index (χ3v) is 4.74. The molecule has 144 valence electrons. The molecule has 3 aromatic carbocycles. The van der Waals surface area contributed by atoms with Crippen molar-refractivity contribution in [3.05, 3.63) is 78.4 Å². The fraction of sp³-hybridized carbons (Fsp3) is 0.0455. The second-order valence-electron chi connectivity index (χ2n) is 6.82. The molecule has 0 amide bonds. The van der Waals surface area contributed by atoms with Crippen molar-refractivity contribution in [2.75, 3.05) is 22.9 Å². The molecule has 1 aromatic heterocycles. The minimum Gasteiger partial charge on any atom is -0.399 e. The lowest BCUT2D eigenvalue weighted by molar-refractivity contribution is 1.06. The van der Waals surface area contributed by atoms with E-state index < -0.39 is 0 Å². The van der Waals surface area contributed by atoms with Crippen molar-refractivity contribution < 1.29 is 0 Å². The monoisotopic (exact) mass is 383 g/mol. The second kappa shape index (κ2) is 7.47. The Labute approximate surface area is 168 Å². The van der Waals surface area contributed by atoms with Crippen LogP contribution in [0.4, 0.5) is 22.7 Å². The van der Waals surface area contributed by atoms with E-state index in [0.29, 0.717) is 17.2 Å². The minimum absolute atomic E-state index is 0.553. The molecule has 4 aromatic rings. The van der Waals surface area contributed by atoms with E-state index in [9.17, 15) is 0 Å². The van der Waals surface area contributed by atoms with Crippen molar-refractivity contribution in [1.82, 2.24) is 15.0 Å². The van der Waals surface area contributed by atoms with Gasteiger partial charge in [-0.1, -0.05) is 12.1 Å². The van der Waals surface area contributed by atoms with Crippen molar-refractivity contribution >= 4 is 22.7 Å². The number of fused-ring (bicyclic) bond motifs is 3. The van der Waals surface area contributed by atoms with Crippen molar-refractivity contribution in [3.63, 3.8) is 0 Å². The fourth-order valence-corrected chi connectivity index (χ4v) is 3.41. The molecule has 0 spiro atoms. The molecule has 1 heterocycles. The number of aromatic nitrogens is 3. The van der Waals surface area contributed by atoms with Crippen LogP contribution in [0.5, 0.6) is 0 Å². The smallest absolute Gasteiger partial charge is 0.164 e. The molecular formula is C22H21N7. The first-order chi connectivity index (χ1) is 14.0. The quantitative estimate of drug-likeness (QED) is 0.326. The summed E-state index contributed by atoms with van der Waals surface area (Å²) < 4.78 is 0. The van der Waals surface area contributed by atoms with Gasteiger partial charge in [0.25, 0.3) is 0 Å². The van der Waals surface area contributed by atoms with Crippen LogP contribution >= 0.6 is 0 Å². The second-order valence-corrected chi connectivity index (χ2v) is 6.82. The Bertz CT molecular complexity index is 1120. The van der Waals surface area contributed by atoms with Gasteiger partial charge in [-0.15, -0.1) is 0 Å². The number of benzene rings is 3. The topological polar surface area (TPSA) is 143 Å². The summed E-state index contributed by atoms with van der Waals surface area (Å²) in [5, 5.41) is 0. The maximum absolute atomic E-state index is 5.77. The van der Waals surface area contributed by atoms with Gasteiger partial charge in [-0.3, -0.25) is 0 Å². The highest BCUT2D eigenvalue weighted by atomic mass is 15.0. The summed E-state index contributed by atoms with van der Waals surface area (Å²) in [5.74, 6) is 0.553. The summed E-state index contributed by atoms with van der Waals surface area (Å²) in [6.45, 7) is 0. The predicted octanol–water partition coefficient (Wildman–Crippen LogP) is 3.13. The van der Waals surface area contributed by atoms with Crippen LogP contribution in [0.3, 0.4) is 0 Å². The fourth-order valence-electron chi connectivity index (χ4n) is 3.41. The summed E-state index contributed by atoms with van der Waals surface area (Å²) in [4.78, 5) is 11.7. The van der Waals surface area contributed by atoms with E-state index in [1.54, 1.807) is 18.2 Å². The first-order valence-corrected chi connectivity index (χ1v) is 9.06. The van der Waals surface area contributed by atoms with E-state index in [-0.39, 0.29) is 0 Å². The molecule has 7 heteroatoms. The summed E-state index contributed by atoms with van der Waals surface area (Å²) in [6.07, 6.45) is 3.80. The first kappa shape index (κ1) is 18.2. The van der Waals surface area contributed by atoms with Crippen LogP contribution in [-0.4, -0.2) is 15.0 Å². The van der Waals surface area contributed by atoms with Crippen LogP contribution in [0, 0.1) is 0 Å². The molecule has 1 aliphatic rings. The van der Waals surface area contributed by atoms with E-state index in [2.05, 4.69) is 27.1 Å². The lowest BCUT2D eigenvalue weighted by Crippen LogP contribution is -1.96. The molecule has 0 atom stereocenters. The number of nitrogens with two attached hydrogens (primary N) is 4. The maximum Gasteiger partial charge on any atom is 0.164 e. The van der Waals surface area contributed by atoms with Gasteiger partial charge in [0.1, 0.15) is 12.7 Å². The zero-order chi connectivity index (χ0) is 20.4. The van der Waals surface area contributed by atoms with Crippen molar-refractivity contribution in [1.29, 1.82) is 0 Å². The summed E-state index contributed by atoms with van der Waals surface area (Å²) >= 11 is 0.